The molecule has 0 aromatic carbocycles. The minimum Gasteiger partial charge on any atom is -0.304 e. The molecule has 0 fully saturated rings. The Balaban J connectivity index is 1.72. The number of rotatable bonds is 4. The molecule has 0 aliphatic heterocycles. The Labute approximate surface area is 119 Å². The van der Waals surface area contributed by atoms with Gasteiger partial charge in [0.15, 0.2) is 0 Å². The second-order valence-electron chi connectivity index (χ2n) is 4.20. The summed E-state index contributed by atoms with van der Waals surface area (Å²) in [5, 5.41) is 3.36. The van der Waals surface area contributed by atoms with Crippen molar-refractivity contribution in [2.24, 2.45) is 0 Å². The third-order valence-electron chi connectivity index (χ3n) is 2.89. The summed E-state index contributed by atoms with van der Waals surface area (Å²) >= 11 is 3.48. The predicted octanol–water partition coefficient (Wildman–Crippen LogP) is 2.78. The van der Waals surface area contributed by atoms with Crippen LogP contribution >= 0.6 is 15.9 Å². The zero-order chi connectivity index (χ0) is 13.1. The molecule has 3 aromatic heterocycles. The molecule has 0 radical (unpaired) electrons. The molecule has 0 saturated carbocycles. The Morgan fingerprint density at radius 2 is 2.00 bits per heavy atom. The minimum atomic E-state index is 0.702. The Morgan fingerprint density at radius 1 is 1.11 bits per heavy atom. The van der Waals surface area contributed by atoms with E-state index in [1.807, 2.05) is 42.6 Å². The third kappa shape index (κ3) is 2.67. The summed E-state index contributed by atoms with van der Waals surface area (Å²) < 4.78 is 2.96. The van der Waals surface area contributed by atoms with E-state index in [2.05, 4.69) is 35.6 Å². The number of aromatic nitrogens is 3. The molecule has 0 bridgehead atoms. The van der Waals surface area contributed by atoms with Crippen molar-refractivity contribution in [2.75, 3.05) is 0 Å². The van der Waals surface area contributed by atoms with Gasteiger partial charge in [0.1, 0.15) is 10.4 Å². The van der Waals surface area contributed by atoms with Gasteiger partial charge in [-0.05, 0) is 40.2 Å². The van der Waals surface area contributed by atoms with Gasteiger partial charge in [0, 0.05) is 18.9 Å². The standard InChI is InChI=1S/C14H13BrN4/c15-14-12-6-2-4-8-19(12)13(18-14)10-16-9-11-5-1-3-7-17-11/h1-8,16H,9-10H2. The van der Waals surface area contributed by atoms with Crippen LogP contribution in [0.1, 0.15) is 11.5 Å². The summed E-state index contributed by atoms with van der Waals surface area (Å²) in [7, 11) is 0. The minimum absolute atomic E-state index is 0.702. The van der Waals surface area contributed by atoms with Crippen LogP contribution in [0.2, 0.25) is 0 Å². The number of halogens is 1. The first-order valence-electron chi connectivity index (χ1n) is 6.06. The molecule has 3 heterocycles. The zero-order valence-electron chi connectivity index (χ0n) is 10.3. The van der Waals surface area contributed by atoms with Gasteiger partial charge in [0.2, 0.25) is 0 Å². The molecule has 3 aromatic rings. The van der Waals surface area contributed by atoms with Gasteiger partial charge in [-0.3, -0.25) is 4.98 Å². The molecular formula is C14H13BrN4. The first kappa shape index (κ1) is 12.3. The Kier molecular flexibility index (Phi) is 3.57. The molecular weight excluding hydrogens is 304 g/mol. The topological polar surface area (TPSA) is 42.2 Å². The SMILES string of the molecule is Brc1nc(CNCc2ccccn2)n2ccccc12. The number of hydrogen-bond donors (Lipinski definition) is 1. The van der Waals surface area contributed by atoms with E-state index in [4.69, 9.17) is 0 Å². The van der Waals surface area contributed by atoms with Gasteiger partial charge in [-0.1, -0.05) is 12.1 Å². The van der Waals surface area contributed by atoms with Crippen molar-refractivity contribution in [2.45, 2.75) is 13.1 Å². The highest BCUT2D eigenvalue weighted by molar-refractivity contribution is 9.10. The molecule has 3 rings (SSSR count). The van der Waals surface area contributed by atoms with Crippen LogP contribution in [-0.2, 0) is 13.1 Å². The van der Waals surface area contributed by atoms with E-state index in [1.165, 1.54) is 0 Å². The van der Waals surface area contributed by atoms with Crippen LogP contribution in [-0.4, -0.2) is 14.4 Å². The van der Waals surface area contributed by atoms with E-state index in [1.54, 1.807) is 6.20 Å². The van der Waals surface area contributed by atoms with Gasteiger partial charge in [-0.2, -0.15) is 0 Å². The van der Waals surface area contributed by atoms with E-state index < -0.39 is 0 Å². The van der Waals surface area contributed by atoms with Gasteiger partial charge < -0.3 is 9.72 Å². The summed E-state index contributed by atoms with van der Waals surface area (Å²) in [6.45, 7) is 1.44. The quantitative estimate of drug-likeness (QED) is 0.804. The van der Waals surface area contributed by atoms with Crippen LogP contribution < -0.4 is 5.32 Å². The van der Waals surface area contributed by atoms with Crippen LogP contribution in [0.5, 0.6) is 0 Å². The van der Waals surface area contributed by atoms with Gasteiger partial charge in [-0.15, -0.1) is 0 Å². The second kappa shape index (κ2) is 5.50. The number of pyridine rings is 2. The number of hydrogen-bond acceptors (Lipinski definition) is 3. The van der Waals surface area contributed by atoms with Crippen LogP contribution in [0.25, 0.3) is 5.52 Å². The van der Waals surface area contributed by atoms with Crippen molar-refractivity contribution in [3.8, 4) is 0 Å². The fraction of sp³-hybridized carbons (Fsp3) is 0.143. The lowest BCUT2D eigenvalue weighted by Gasteiger charge is -2.03. The number of nitrogens with zero attached hydrogens (tertiary/aromatic N) is 3. The normalized spacial score (nSPS) is 11.0. The maximum atomic E-state index is 4.52. The predicted molar refractivity (Wildman–Crippen MR) is 77.7 cm³/mol. The van der Waals surface area contributed by atoms with Crippen LogP contribution in [0, 0.1) is 0 Å². The largest absolute Gasteiger partial charge is 0.304 e. The summed E-state index contributed by atoms with van der Waals surface area (Å²) in [4.78, 5) is 8.80. The van der Waals surface area contributed by atoms with Gasteiger partial charge in [0.25, 0.3) is 0 Å². The summed E-state index contributed by atoms with van der Waals surface area (Å²) in [6, 6.07) is 12.0. The number of fused-ring (bicyclic) bond motifs is 1. The van der Waals surface area contributed by atoms with Crippen molar-refractivity contribution in [1.82, 2.24) is 19.7 Å². The Bertz CT molecular complexity index is 678. The van der Waals surface area contributed by atoms with Crippen LogP contribution in [0.3, 0.4) is 0 Å². The summed E-state index contributed by atoms with van der Waals surface area (Å²) in [5.41, 5.74) is 2.11. The highest BCUT2D eigenvalue weighted by Gasteiger charge is 2.07. The monoisotopic (exact) mass is 316 g/mol. The van der Waals surface area contributed by atoms with Crippen molar-refractivity contribution >= 4 is 21.4 Å². The molecule has 0 unspecified atom stereocenters. The second-order valence-corrected chi connectivity index (χ2v) is 4.95. The average Bonchev–Trinajstić information content (AvgIpc) is 2.78. The highest BCUT2D eigenvalue weighted by Crippen LogP contribution is 2.18. The number of imidazole rings is 1. The Morgan fingerprint density at radius 3 is 2.84 bits per heavy atom. The van der Waals surface area contributed by atoms with E-state index in [9.17, 15) is 0 Å². The maximum Gasteiger partial charge on any atom is 0.132 e. The van der Waals surface area contributed by atoms with E-state index in [0.29, 0.717) is 6.54 Å². The molecule has 19 heavy (non-hydrogen) atoms. The smallest absolute Gasteiger partial charge is 0.132 e. The summed E-state index contributed by atoms with van der Waals surface area (Å²) in [6.07, 6.45) is 3.82. The molecule has 5 heteroatoms. The maximum absolute atomic E-state index is 4.52. The molecule has 1 N–H and O–H groups in total. The zero-order valence-corrected chi connectivity index (χ0v) is 11.8. The fourth-order valence-corrected chi connectivity index (χ4v) is 2.52. The van der Waals surface area contributed by atoms with E-state index >= 15 is 0 Å². The summed E-state index contributed by atoms with van der Waals surface area (Å²) in [5.74, 6) is 0.985. The first-order valence-corrected chi connectivity index (χ1v) is 6.86. The lowest BCUT2D eigenvalue weighted by molar-refractivity contribution is 0.650. The molecule has 0 aliphatic carbocycles. The van der Waals surface area contributed by atoms with Crippen molar-refractivity contribution in [1.29, 1.82) is 0 Å². The lowest BCUT2D eigenvalue weighted by Crippen LogP contribution is -2.15. The molecule has 0 spiro atoms. The van der Waals surface area contributed by atoms with Crippen LogP contribution in [0.4, 0.5) is 0 Å². The molecule has 96 valence electrons. The first-order chi connectivity index (χ1) is 9.34. The van der Waals surface area contributed by atoms with Gasteiger partial charge in [0.05, 0.1) is 17.8 Å². The Hall–Kier alpha value is -1.72. The van der Waals surface area contributed by atoms with E-state index in [-0.39, 0.29) is 0 Å². The number of nitrogens with one attached hydrogen (secondary N) is 1. The molecule has 0 amide bonds. The van der Waals surface area contributed by atoms with Gasteiger partial charge in [-0.25, -0.2) is 4.98 Å². The lowest BCUT2D eigenvalue weighted by atomic mass is 10.3. The highest BCUT2D eigenvalue weighted by atomic mass is 79.9. The van der Waals surface area contributed by atoms with E-state index in [0.717, 1.165) is 28.2 Å². The third-order valence-corrected chi connectivity index (χ3v) is 3.48. The molecule has 0 saturated heterocycles. The van der Waals surface area contributed by atoms with Crippen molar-refractivity contribution in [3.05, 3.63) is 64.9 Å². The van der Waals surface area contributed by atoms with Crippen molar-refractivity contribution < 1.29 is 0 Å². The van der Waals surface area contributed by atoms with Crippen molar-refractivity contribution in [3.63, 3.8) is 0 Å². The fourth-order valence-electron chi connectivity index (χ4n) is 1.99. The molecule has 0 aliphatic rings. The molecule has 0 atom stereocenters. The van der Waals surface area contributed by atoms with Crippen LogP contribution in [0.15, 0.2) is 53.4 Å². The average molecular weight is 317 g/mol. The molecule has 4 nitrogen and oxygen atoms in total. The van der Waals surface area contributed by atoms with Gasteiger partial charge >= 0.3 is 0 Å².